The Morgan fingerprint density at radius 3 is 2.31 bits per heavy atom. The van der Waals surface area contributed by atoms with Crippen molar-refractivity contribution >= 4 is 0 Å². The molecule has 1 fully saturated rings. The van der Waals surface area contributed by atoms with E-state index in [1.807, 2.05) is 31.2 Å². The first-order valence-corrected chi connectivity index (χ1v) is 13.2. The molecule has 8 heteroatoms. The van der Waals surface area contributed by atoms with Gasteiger partial charge in [0.1, 0.15) is 17.5 Å². The van der Waals surface area contributed by atoms with E-state index in [0.29, 0.717) is 35.8 Å². The standard InChI is InChI=1S/C31H30F3N3O2/c1-3-27(22-15-23(32)17-24(33)16-22)37-29(13-8-19-4-5-19)36-30(38)26(31(37)39)14-20-6-9-21(10-7-20)25-11-12-28(34)35-18(25)2/h6-7,9-12,15-17,19,27,38H,3-5,8,13-14H2,1-2H3. The maximum absolute atomic E-state index is 14.1. The van der Waals surface area contributed by atoms with Crippen molar-refractivity contribution in [2.24, 2.45) is 5.92 Å². The Hall–Kier alpha value is -3.94. The average Bonchev–Trinajstić information content (AvgIpc) is 3.72. The summed E-state index contributed by atoms with van der Waals surface area (Å²) in [5.41, 5.74) is 3.01. The van der Waals surface area contributed by atoms with Crippen LogP contribution in [0, 0.1) is 30.4 Å². The average molecular weight is 534 g/mol. The molecule has 2 heterocycles. The summed E-state index contributed by atoms with van der Waals surface area (Å²) in [4.78, 5) is 22.2. The molecule has 202 valence electrons. The minimum Gasteiger partial charge on any atom is -0.493 e. The van der Waals surface area contributed by atoms with Crippen molar-refractivity contribution in [2.45, 2.75) is 58.4 Å². The first-order chi connectivity index (χ1) is 18.7. The largest absolute Gasteiger partial charge is 0.493 e. The van der Waals surface area contributed by atoms with E-state index in [2.05, 4.69) is 9.97 Å². The fraction of sp³-hybridized carbons (Fsp3) is 0.323. The van der Waals surface area contributed by atoms with E-state index in [1.165, 1.54) is 22.8 Å². The van der Waals surface area contributed by atoms with Crippen molar-refractivity contribution in [3.05, 3.63) is 111 Å². The number of benzene rings is 2. The molecule has 5 nitrogen and oxygen atoms in total. The highest BCUT2D eigenvalue weighted by molar-refractivity contribution is 5.65. The molecule has 2 aromatic heterocycles. The van der Waals surface area contributed by atoms with Crippen LogP contribution in [0.3, 0.4) is 0 Å². The SMILES string of the molecule is CCC(c1cc(F)cc(F)c1)n1c(CCC2CC2)nc(O)c(Cc2ccc(-c3ccc(F)nc3C)cc2)c1=O. The number of aromatic nitrogens is 3. The summed E-state index contributed by atoms with van der Waals surface area (Å²) < 4.78 is 43.2. The van der Waals surface area contributed by atoms with Gasteiger partial charge < -0.3 is 5.11 Å². The Balaban J connectivity index is 1.53. The molecule has 4 aromatic rings. The lowest BCUT2D eigenvalue weighted by atomic mass is 9.99. The van der Waals surface area contributed by atoms with Crippen molar-refractivity contribution in [2.75, 3.05) is 0 Å². The molecule has 0 spiro atoms. The minimum absolute atomic E-state index is 0.118. The smallest absolute Gasteiger partial charge is 0.261 e. The van der Waals surface area contributed by atoms with Gasteiger partial charge in [0.25, 0.3) is 5.56 Å². The molecule has 0 bridgehead atoms. The monoisotopic (exact) mass is 533 g/mol. The highest BCUT2D eigenvalue weighted by Gasteiger charge is 2.26. The highest BCUT2D eigenvalue weighted by Crippen LogP contribution is 2.34. The predicted molar refractivity (Wildman–Crippen MR) is 143 cm³/mol. The normalized spacial score (nSPS) is 14.0. The van der Waals surface area contributed by atoms with Gasteiger partial charge in [0, 0.05) is 30.2 Å². The molecule has 1 N–H and O–H groups in total. The second kappa shape index (κ2) is 11.0. The molecule has 0 amide bonds. The second-order valence-corrected chi connectivity index (χ2v) is 10.3. The topological polar surface area (TPSA) is 68.0 Å². The van der Waals surface area contributed by atoms with E-state index >= 15 is 0 Å². The third kappa shape index (κ3) is 5.90. The van der Waals surface area contributed by atoms with Crippen molar-refractivity contribution in [3.63, 3.8) is 0 Å². The van der Waals surface area contributed by atoms with Crippen LogP contribution in [0.5, 0.6) is 5.88 Å². The molecule has 5 rings (SSSR count). The van der Waals surface area contributed by atoms with Crippen LogP contribution < -0.4 is 5.56 Å². The van der Waals surface area contributed by atoms with Gasteiger partial charge in [-0.15, -0.1) is 0 Å². The molecular weight excluding hydrogens is 503 g/mol. The van der Waals surface area contributed by atoms with E-state index in [-0.39, 0.29) is 17.9 Å². The van der Waals surface area contributed by atoms with Crippen LogP contribution in [-0.4, -0.2) is 19.6 Å². The predicted octanol–water partition coefficient (Wildman–Crippen LogP) is 6.67. The number of pyridine rings is 1. The molecule has 1 atom stereocenters. The van der Waals surface area contributed by atoms with Crippen LogP contribution in [0.4, 0.5) is 13.2 Å². The Morgan fingerprint density at radius 2 is 1.69 bits per heavy atom. The number of rotatable bonds is 9. The van der Waals surface area contributed by atoms with Gasteiger partial charge >= 0.3 is 0 Å². The van der Waals surface area contributed by atoms with E-state index in [9.17, 15) is 23.1 Å². The maximum atomic E-state index is 14.1. The summed E-state index contributed by atoms with van der Waals surface area (Å²) in [5, 5.41) is 10.9. The van der Waals surface area contributed by atoms with Crippen molar-refractivity contribution in [3.8, 4) is 17.0 Å². The van der Waals surface area contributed by atoms with Crippen LogP contribution in [-0.2, 0) is 12.8 Å². The summed E-state index contributed by atoms with van der Waals surface area (Å²) in [6, 6.07) is 13.0. The number of nitrogens with zero attached hydrogens (tertiary/aromatic N) is 3. The Labute approximate surface area is 225 Å². The minimum atomic E-state index is -0.713. The zero-order valence-corrected chi connectivity index (χ0v) is 21.9. The first-order valence-electron chi connectivity index (χ1n) is 13.2. The third-order valence-corrected chi connectivity index (χ3v) is 7.40. The number of aryl methyl sites for hydroxylation is 2. The third-order valence-electron chi connectivity index (χ3n) is 7.40. The summed E-state index contributed by atoms with van der Waals surface area (Å²) in [6.07, 6.45) is 4.11. The van der Waals surface area contributed by atoms with Crippen molar-refractivity contribution < 1.29 is 18.3 Å². The van der Waals surface area contributed by atoms with Gasteiger partial charge in [-0.2, -0.15) is 9.37 Å². The Morgan fingerprint density at radius 1 is 1.00 bits per heavy atom. The van der Waals surface area contributed by atoms with Crippen LogP contribution >= 0.6 is 0 Å². The van der Waals surface area contributed by atoms with Gasteiger partial charge in [-0.05, 0) is 66.6 Å². The zero-order chi connectivity index (χ0) is 27.7. The molecule has 0 saturated heterocycles. The molecule has 1 unspecified atom stereocenters. The van der Waals surface area contributed by atoms with Crippen LogP contribution in [0.25, 0.3) is 11.1 Å². The maximum Gasteiger partial charge on any atom is 0.261 e. The molecule has 0 aliphatic heterocycles. The lowest BCUT2D eigenvalue weighted by Gasteiger charge is -2.24. The summed E-state index contributed by atoms with van der Waals surface area (Å²) in [6.45, 7) is 3.58. The molecule has 39 heavy (non-hydrogen) atoms. The van der Waals surface area contributed by atoms with Gasteiger partial charge in [-0.1, -0.05) is 44.0 Å². The Kier molecular flexibility index (Phi) is 7.55. The van der Waals surface area contributed by atoms with Gasteiger partial charge in [0.15, 0.2) is 0 Å². The van der Waals surface area contributed by atoms with E-state index in [0.717, 1.165) is 42.0 Å². The number of hydrogen-bond acceptors (Lipinski definition) is 4. The molecule has 1 saturated carbocycles. The highest BCUT2D eigenvalue weighted by atomic mass is 19.1. The molecular formula is C31H30F3N3O2. The van der Waals surface area contributed by atoms with Gasteiger partial charge in [-0.25, -0.2) is 13.8 Å². The van der Waals surface area contributed by atoms with Crippen LogP contribution in [0.15, 0.2) is 59.4 Å². The van der Waals surface area contributed by atoms with Crippen molar-refractivity contribution in [1.29, 1.82) is 0 Å². The lowest BCUT2D eigenvalue weighted by molar-refractivity contribution is 0.418. The molecule has 1 aliphatic carbocycles. The summed E-state index contributed by atoms with van der Waals surface area (Å²) in [5.74, 6) is -1.31. The summed E-state index contributed by atoms with van der Waals surface area (Å²) in [7, 11) is 0. The van der Waals surface area contributed by atoms with Gasteiger partial charge in [0.05, 0.1) is 11.6 Å². The van der Waals surface area contributed by atoms with Gasteiger partial charge in [-0.3, -0.25) is 9.36 Å². The fourth-order valence-electron chi connectivity index (χ4n) is 5.17. The van der Waals surface area contributed by atoms with Crippen LogP contribution in [0.2, 0.25) is 0 Å². The quantitative estimate of drug-likeness (QED) is 0.244. The molecule has 2 aromatic carbocycles. The molecule has 1 aliphatic rings. The Bertz CT molecular complexity index is 1540. The second-order valence-electron chi connectivity index (χ2n) is 10.3. The zero-order valence-electron chi connectivity index (χ0n) is 21.9. The lowest BCUT2D eigenvalue weighted by Crippen LogP contribution is -2.32. The summed E-state index contributed by atoms with van der Waals surface area (Å²) >= 11 is 0. The van der Waals surface area contributed by atoms with E-state index in [1.54, 1.807) is 13.0 Å². The van der Waals surface area contributed by atoms with E-state index < -0.39 is 29.2 Å². The van der Waals surface area contributed by atoms with Crippen LogP contribution in [0.1, 0.15) is 66.9 Å². The number of aromatic hydroxyl groups is 1. The van der Waals surface area contributed by atoms with E-state index in [4.69, 9.17) is 0 Å². The molecule has 0 radical (unpaired) electrons. The van der Waals surface area contributed by atoms with Crippen molar-refractivity contribution in [1.82, 2.24) is 14.5 Å². The van der Waals surface area contributed by atoms with Gasteiger partial charge in [0.2, 0.25) is 11.8 Å². The first kappa shape index (κ1) is 26.7. The number of hydrogen-bond donors (Lipinski definition) is 1. The fourth-order valence-corrected chi connectivity index (χ4v) is 5.17. The number of halogens is 3.